The number of carbonyl (C=O) groups excluding carboxylic acids is 2. The Labute approximate surface area is 219 Å². The maximum atomic E-state index is 15.1. The number of hydrogen-bond acceptors (Lipinski definition) is 6. The molecule has 2 aliphatic rings. The van der Waals surface area contributed by atoms with Crippen LogP contribution in [0.25, 0.3) is 11.3 Å². The minimum Gasteiger partial charge on any atom is -0.465 e. The van der Waals surface area contributed by atoms with Crippen LogP contribution in [0.1, 0.15) is 51.2 Å². The van der Waals surface area contributed by atoms with Gasteiger partial charge in [0.2, 0.25) is 0 Å². The molecule has 1 fully saturated rings. The van der Waals surface area contributed by atoms with E-state index in [1.165, 1.54) is 24.3 Å². The van der Waals surface area contributed by atoms with Gasteiger partial charge in [0.1, 0.15) is 16.4 Å². The molecular formula is C25H19ClF4N2O5S. The molecule has 1 aliphatic carbocycles. The third-order valence-corrected chi connectivity index (χ3v) is 9.14. The zero-order valence-corrected chi connectivity index (χ0v) is 21.3. The lowest BCUT2D eigenvalue weighted by molar-refractivity contribution is -0.160. The molecule has 0 spiro atoms. The fourth-order valence-electron chi connectivity index (χ4n) is 4.89. The fourth-order valence-corrected chi connectivity index (χ4v) is 6.87. The number of rotatable bonds is 4. The Morgan fingerprint density at radius 1 is 1.16 bits per heavy atom. The highest BCUT2D eigenvalue weighted by atomic mass is 35.5. The molecule has 0 N–H and O–H groups in total. The molecule has 1 aliphatic heterocycles. The lowest BCUT2D eigenvalue weighted by Gasteiger charge is -2.23. The standard InChI is InChI=1S/C25H19ClF4N2O5S/c1-37-23(34)13-7-8-14(17(27)12-13)20-21-18(6-3-11-38(21,35)36)32(31-20)22(33)19-15(4-2-5-16(19)26)24(9-10-24)25(28,29)30/h2,4-5,7-8,12H,3,6,9-11H2,1H3. The van der Waals surface area contributed by atoms with Crippen LogP contribution in [-0.2, 0) is 26.4 Å². The van der Waals surface area contributed by atoms with Gasteiger partial charge in [0, 0.05) is 5.56 Å². The lowest BCUT2D eigenvalue weighted by atomic mass is 9.90. The Morgan fingerprint density at radius 2 is 1.87 bits per heavy atom. The fraction of sp³-hybridized carbons (Fsp3) is 0.320. The maximum Gasteiger partial charge on any atom is 0.398 e. The summed E-state index contributed by atoms with van der Waals surface area (Å²) >= 11 is 6.26. The van der Waals surface area contributed by atoms with Crippen LogP contribution in [0.2, 0.25) is 5.02 Å². The molecule has 200 valence electrons. The number of alkyl halides is 3. The van der Waals surface area contributed by atoms with Crippen molar-refractivity contribution in [3.8, 4) is 11.3 Å². The molecular weight excluding hydrogens is 552 g/mol. The van der Waals surface area contributed by atoms with Crippen molar-refractivity contribution in [2.24, 2.45) is 0 Å². The molecule has 0 saturated heterocycles. The predicted octanol–water partition coefficient (Wildman–Crippen LogP) is 5.13. The van der Waals surface area contributed by atoms with E-state index in [-0.39, 0.29) is 69.4 Å². The number of sulfone groups is 1. The van der Waals surface area contributed by atoms with Gasteiger partial charge in [-0.2, -0.15) is 23.0 Å². The van der Waals surface area contributed by atoms with Gasteiger partial charge in [-0.1, -0.05) is 23.7 Å². The largest absolute Gasteiger partial charge is 0.465 e. The number of aromatic nitrogens is 2. The first-order chi connectivity index (χ1) is 17.8. The Hall–Kier alpha value is -3.25. The van der Waals surface area contributed by atoms with Crippen LogP contribution >= 0.6 is 11.6 Å². The molecule has 38 heavy (non-hydrogen) atoms. The molecule has 0 unspecified atom stereocenters. The third kappa shape index (κ3) is 4.01. The van der Waals surface area contributed by atoms with E-state index in [1.54, 1.807) is 0 Å². The van der Waals surface area contributed by atoms with Crippen LogP contribution < -0.4 is 0 Å². The molecule has 0 atom stereocenters. The zero-order chi connectivity index (χ0) is 27.6. The lowest BCUT2D eigenvalue weighted by Crippen LogP contribution is -2.32. The highest BCUT2D eigenvalue weighted by Crippen LogP contribution is 2.60. The van der Waals surface area contributed by atoms with Crippen molar-refractivity contribution in [1.29, 1.82) is 0 Å². The number of nitrogens with zero attached hydrogens (tertiary/aromatic N) is 2. The SMILES string of the molecule is COC(=O)c1ccc(-c2nn(C(=O)c3c(Cl)cccc3C3(C(F)(F)F)CC3)c3c2S(=O)(=O)CCC3)c(F)c1. The average Bonchev–Trinajstić information content (AvgIpc) is 3.58. The molecule has 2 aromatic carbocycles. The smallest absolute Gasteiger partial charge is 0.398 e. The first-order valence-electron chi connectivity index (χ1n) is 11.5. The van der Waals surface area contributed by atoms with Crippen molar-refractivity contribution >= 4 is 33.3 Å². The number of ether oxygens (including phenoxy) is 1. The summed E-state index contributed by atoms with van der Waals surface area (Å²) in [6.45, 7) is 0. The van der Waals surface area contributed by atoms with Crippen molar-refractivity contribution < 1.29 is 40.3 Å². The van der Waals surface area contributed by atoms with Gasteiger partial charge in [-0.15, -0.1) is 0 Å². The average molecular weight is 571 g/mol. The molecule has 1 saturated carbocycles. The van der Waals surface area contributed by atoms with Crippen LogP contribution in [0.3, 0.4) is 0 Å². The minimum absolute atomic E-state index is 0.0549. The molecule has 2 heterocycles. The van der Waals surface area contributed by atoms with Crippen LogP contribution in [0.15, 0.2) is 41.3 Å². The summed E-state index contributed by atoms with van der Waals surface area (Å²) < 4.78 is 88.5. The Kier molecular flexibility index (Phi) is 6.18. The summed E-state index contributed by atoms with van der Waals surface area (Å²) in [5.41, 5.74) is -3.91. The molecule has 7 nitrogen and oxygen atoms in total. The van der Waals surface area contributed by atoms with E-state index >= 15 is 4.39 Å². The monoisotopic (exact) mass is 570 g/mol. The van der Waals surface area contributed by atoms with E-state index in [4.69, 9.17) is 11.6 Å². The van der Waals surface area contributed by atoms with Crippen molar-refractivity contribution in [2.75, 3.05) is 12.9 Å². The van der Waals surface area contributed by atoms with Gasteiger partial charge in [-0.25, -0.2) is 17.6 Å². The Balaban J connectivity index is 1.72. The van der Waals surface area contributed by atoms with Crippen molar-refractivity contribution in [2.45, 2.75) is 42.2 Å². The number of halogens is 5. The highest BCUT2D eigenvalue weighted by Gasteiger charge is 2.65. The predicted molar refractivity (Wildman–Crippen MR) is 127 cm³/mol. The molecule has 0 bridgehead atoms. The normalized spacial score (nSPS) is 17.5. The van der Waals surface area contributed by atoms with Gasteiger partial charge in [-0.05, 0) is 55.5 Å². The van der Waals surface area contributed by atoms with Gasteiger partial charge in [0.05, 0.1) is 40.1 Å². The summed E-state index contributed by atoms with van der Waals surface area (Å²) in [5, 5.41) is 3.88. The van der Waals surface area contributed by atoms with E-state index in [2.05, 4.69) is 9.84 Å². The van der Waals surface area contributed by atoms with Gasteiger partial charge in [-0.3, -0.25) is 4.79 Å². The number of hydrogen-bond donors (Lipinski definition) is 0. The molecule has 0 amide bonds. The highest BCUT2D eigenvalue weighted by molar-refractivity contribution is 7.91. The second kappa shape index (κ2) is 8.91. The van der Waals surface area contributed by atoms with Gasteiger partial charge < -0.3 is 4.74 Å². The zero-order valence-electron chi connectivity index (χ0n) is 19.7. The first-order valence-corrected chi connectivity index (χ1v) is 13.5. The van der Waals surface area contributed by atoms with E-state index in [9.17, 15) is 31.2 Å². The minimum atomic E-state index is -4.64. The molecule has 1 aromatic heterocycles. The van der Waals surface area contributed by atoms with Crippen molar-refractivity contribution in [3.63, 3.8) is 0 Å². The van der Waals surface area contributed by atoms with E-state index in [1.807, 2.05) is 0 Å². The van der Waals surface area contributed by atoms with Crippen LogP contribution in [0, 0.1) is 5.82 Å². The summed E-state index contributed by atoms with van der Waals surface area (Å²) in [4.78, 5) is 25.2. The van der Waals surface area contributed by atoms with Gasteiger partial charge in [0.15, 0.2) is 9.84 Å². The summed E-state index contributed by atoms with van der Waals surface area (Å²) in [6, 6.07) is 6.94. The number of fused-ring (bicyclic) bond motifs is 1. The number of carbonyl (C=O) groups is 2. The first kappa shape index (κ1) is 26.4. The molecule has 3 aromatic rings. The van der Waals surface area contributed by atoms with Crippen molar-refractivity contribution in [1.82, 2.24) is 9.78 Å². The molecule has 0 radical (unpaired) electrons. The molecule has 13 heteroatoms. The number of methoxy groups -OCH3 is 1. The van der Waals surface area contributed by atoms with Crippen LogP contribution in [-0.4, -0.2) is 49.1 Å². The van der Waals surface area contributed by atoms with Gasteiger partial charge >= 0.3 is 12.1 Å². The van der Waals surface area contributed by atoms with Crippen molar-refractivity contribution in [3.05, 3.63) is 69.6 Å². The van der Waals surface area contributed by atoms with Crippen LogP contribution in [0.5, 0.6) is 0 Å². The van der Waals surface area contributed by atoms with Gasteiger partial charge in [0.25, 0.3) is 5.91 Å². The van der Waals surface area contributed by atoms with E-state index in [0.29, 0.717) is 4.68 Å². The Morgan fingerprint density at radius 3 is 2.47 bits per heavy atom. The third-order valence-electron chi connectivity index (χ3n) is 6.94. The summed E-state index contributed by atoms with van der Waals surface area (Å²) in [6.07, 6.45) is -4.93. The second-order valence-electron chi connectivity index (χ2n) is 9.19. The summed E-state index contributed by atoms with van der Waals surface area (Å²) in [7, 11) is -2.92. The molecule has 5 rings (SSSR count). The van der Waals surface area contributed by atoms with E-state index in [0.717, 1.165) is 19.2 Å². The second-order valence-corrected chi connectivity index (χ2v) is 11.6. The number of benzene rings is 2. The quantitative estimate of drug-likeness (QED) is 0.319. The number of esters is 1. The van der Waals surface area contributed by atoms with E-state index < -0.39 is 44.7 Å². The van der Waals surface area contributed by atoms with Crippen LogP contribution in [0.4, 0.5) is 17.6 Å². The summed E-state index contributed by atoms with van der Waals surface area (Å²) in [5.74, 6) is -3.16. The Bertz CT molecular complexity index is 1610. The topological polar surface area (TPSA) is 95.3 Å². The maximum absolute atomic E-state index is 15.1.